The van der Waals surface area contributed by atoms with Gasteiger partial charge in [0, 0.05) is 12.6 Å². The summed E-state index contributed by atoms with van der Waals surface area (Å²) in [5.74, 6) is 2.93. The average Bonchev–Trinajstić information content (AvgIpc) is 2.65. The summed E-state index contributed by atoms with van der Waals surface area (Å²) in [6.07, 6.45) is 4.29. The third-order valence-corrected chi connectivity index (χ3v) is 6.08. The lowest BCUT2D eigenvalue weighted by Gasteiger charge is -2.10. The molecule has 3 aliphatic carbocycles. The van der Waals surface area contributed by atoms with E-state index in [1.807, 2.05) is 0 Å². The van der Waals surface area contributed by atoms with Crippen molar-refractivity contribution in [3.63, 3.8) is 0 Å². The molecular weight excluding hydrogens is 226 g/mol. The predicted octanol–water partition coefficient (Wildman–Crippen LogP) is 0.333. The number of hydrogen-bond donors (Lipinski definition) is 2. The standard InChI is InChI=1S/C11H19NO3S/c13-4-1-5-16(14,15)12-11-9-7-2-3-8(6-7)10(9)11/h7-13H,1-6H2. The van der Waals surface area contributed by atoms with E-state index >= 15 is 0 Å². The summed E-state index contributed by atoms with van der Waals surface area (Å²) < 4.78 is 26.2. The molecule has 16 heavy (non-hydrogen) atoms. The number of fused-ring (bicyclic) bond motifs is 5. The third-order valence-electron chi connectivity index (χ3n) is 4.62. The second-order valence-corrected chi connectivity index (χ2v) is 7.40. The number of aliphatic hydroxyl groups is 1. The Balaban J connectivity index is 1.58. The quantitative estimate of drug-likeness (QED) is 0.733. The summed E-state index contributed by atoms with van der Waals surface area (Å²) in [5.41, 5.74) is 0. The number of rotatable bonds is 5. The highest BCUT2D eigenvalue weighted by atomic mass is 32.2. The highest BCUT2D eigenvalue weighted by Crippen LogP contribution is 2.65. The Hall–Kier alpha value is -0.130. The van der Waals surface area contributed by atoms with Crippen LogP contribution >= 0.6 is 0 Å². The van der Waals surface area contributed by atoms with Gasteiger partial charge in [-0.15, -0.1) is 0 Å². The van der Waals surface area contributed by atoms with Gasteiger partial charge in [0.2, 0.25) is 10.0 Å². The zero-order valence-corrected chi connectivity index (χ0v) is 10.1. The van der Waals surface area contributed by atoms with Gasteiger partial charge in [0.1, 0.15) is 0 Å². The first kappa shape index (κ1) is 11.0. The monoisotopic (exact) mass is 245 g/mol. The molecule has 0 radical (unpaired) electrons. The molecule has 3 rings (SSSR count). The van der Waals surface area contributed by atoms with Crippen molar-refractivity contribution >= 4 is 10.0 Å². The highest BCUT2D eigenvalue weighted by molar-refractivity contribution is 7.89. The van der Waals surface area contributed by atoms with E-state index in [2.05, 4.69) is 4.72 Å². The van der Waals surface area contributed by atoms with Crippen molar-refractivity contribution in [2.45, 2.75) is 31.7 Å². The van der Waals surface area contributed by atoms with E-state index in [0.29, 0.717) is 18.3 Å². The molecule has 0 aromatic heterocycles. The van der Waals surface area contributed by atoms with Crippen LogP contribution in [0.1, 0.15) is 25.7 Å². The van der Waals surface area contributed by atoms with Crippen molar-refractivity contribution in [2.24, 2.45) is 23.7 Å². The molecule has 4 unspecified atom stereocenters. The lowest BCUT2D eigenvalue weighted by Crippen LogP contribution is -2.32. The molecule has 0 aliphatic heterocycles. The lowest BCUT2D eigenvalue weighted by atomic mass is 10.0. The molecule has 3 saturated carbocycles. The first-order chi connectivity index (χ1) is 7.62. The van der Waals surface area contributed by atoms with Crippen LogP contribution in [0.5, 0.6) is 0 Å². The Morgan fingerprint density at radius 2 is 1.81 bits per heavy atom. The predicted molar refractivity (Wildman–Crippen MR) is 60.2 cm³/mol. The van der Waals surface area contributed by atoms with Crippen LogP contribution in [0.25, 0.3) is 0 Å². The Morgan fingerprint density at radius 3 is 2.38 bits per heavy atom. The van der Waals surface area contributed by atoms with Crippen LogP contribution in [0.2, 0.25) is 0 Å². The average molecular weight is 245 g/mol. The number of nitrogens with one attached hydrogen (secondary N) is 1. The van der Waals surface area contributed by atoms with E-state index < -0.39 is 10.0 Å². The van der Waals surface area contributed by atoms with Crippen LogP contribution in [-0.4, -0.2) is 31.9 Å². The minimum absolute atomic E-state index is 0.0519. The third kappa shape index (κ3) is 1.69. The normalized spacial score (nSPS) is 44.7. The second-order valence-electron chi connectivity index (χ2n) is 5.53. The van der Waals surface area contributed by atoms with E-state index in [4.69, 9.17) is 5.11 Å². The first-order valence-electron chi connectivity index (χ1n) is 6.23. The van der Waals surface area contributed by atoms with Crippen LogP contribution in [0.15, 0.2) is 0 Å². The lowest BCUT2D eigenvalue weighted by molar-refractivity contribution is 0.295. The van der Waals surface area contributed by atoms with Gasteiger partial charge >= 0.3 is 0 Å². The molecule has 92 valence electrons. The number of sulfonamides is 1. The molecule has 4 nitrogen and oxygen atoms in total. The highest BCUT2D eigenvalue weighted by Gasteiger charge is 2.65. The molecule has 0 heterocycles. The van der Waals surface area contributed by atoms with Gasteiger partial charge < -0.3 is 5.11 Å². The molecule has 0 aromatic rings. The Morgan fingerprint density at radius 1 is 1.19 bits per heavy atom. The van der Waals surface area contributed by atoms with Gasteiger partial charge in [0.15, 0.2) is 0 Å². The van der Waals surface area contributed by atoms with Crippen molar-refractivity contribution in [2.75, 3.05) is 12.4 Å². The molecule has 2 N–H and O–H groups in total. The topological polar surface area (TPSA) is 66.4 Å². The van der Waals surface area contributed by atoms with Crippen molar-refractivity contribution in [1.82, 2.24) is 4.72 Å². The zero-order chi connectivity index (χ0) is 11.3. The summed E-state index contributed by atoms with van der Waals surface area (Å²) in [6, 6.07) is 0.231. The van der Waals surface area contributed by atoms with E-state index in [1.54, 1.807) is 0 Å². The molecule has 3 aliphatic rings. The number of hydrogen-bond acceptors (Lipinski definition) is 3. The van der Waals surface area contributed by atoms with E-state index in [1.165, 1.54) is 19.3 Å². The molecule has 3 fully saturated rings. The van der Waals surface area contributed by atoms with Crippen molar-refractivity contribution < 1.29 is 13.5 Å². The molecule has 0 aromatic carbocycles. The van der Waals surface area contributed by atoms with Crippen LogP contribution in [0.3, 0.4) is 0 Å². The Labute approximate surface area is 96.5 Å². The molecule has 5 heteroatoms. The van der Waals surface area contributed by atoms with Gasteiger partial charge in [-0.25, -0.2) is 13.1 Å². The SMILES string of the molecule is O=S(=O)(CCCO)NC1C2C3CCC(C3)C12. The van der Waals surface area contributed by atoms with Crippen LogP contribution in [0.4, 0.5) is 0 Å². The molecule has 2 bridgehead atoms. The maximum atomic E-state index is 11.7. The van der Waals surface area contributed by atoms with Crippen LogP contribution < -0.4 is 4.72 Å². The maximum absolute atomic E-state index is 11.7. The minimum Gasteiger partial charge on any atom is -0.396 e. The van der Waals surface area contributed by atoms with Gasteiger partial charge in [0.25, 0.3) is 0 Å². The largest absolute Gasteiger partial charge is 0.396 e. The van der Waals surface area contributed by atoms with E-state index in [0.717, 1.165) is 11.8 Å². The van der Waals surface area contributed by atoms with Crippen LogP contribution in [0, 0.1) is 23.7 Å². The summed E-state index contributed by atoms with van der Waals surface area (Å²) in [5, 5.41) is 8.64. The maximum Gasteiger partial charge on any atom is 0.211 e. The molecule has 0 saturated heterocycles. The Kier molecular flexibility index (Phi) is 2.53. The molecule has 0 spiro atoms. The zero-order valence-electron chi connectivity index (χ0n) is 9.30. The minimum atomic E-state index is -3.15. The van der Waals surface area contributed by atoms with Gasteiger partial charge in [0.05, 0.1) is 5.75 Å². The summed E-state index contributed by atoms with van der Waals surface area (Å²) in [4.78, 5) is 0. The summed E-state index contributed by atoms with van der Waals surface area (Å²) in [6.45, 7) is -0.0519. The Bertz CT molecular complexity index is 365. The summed E-state index contributed by atoms with van der Waals surface area (Å²) in [7, 11) is -3.15. The molecular formula is C11H19NO3S. The van der Waals surface area contributed by atoms with Crippen molar-refractivity contribution in [3.8, 4) is 0 Å². The van der Waals surface area contributed by atoms with Crippen LogP contribution in [-0.2, 0) is 10.0 Å². The van der Waals surface area contributed by atoms with Gasteiger partial charge in [-0.2, -0.15) is 0 Å². The smallest absolute Gasteiger partial charge is 0.211 e. The summed E-state index contributed by atoms with van der Waals surface area (Å²) >= 11 is 0. The fraction of sp³-hybridized carbons (Fsp3) is 1.00. The second kappa shape index (κ2) is 3.68. The fourth-order valence-corrected chi connectivity index (χ4v) is 5.36. The van der Waals surface area contributed by atoms with Gasteiger partial charge in [-0.1, -0.05) is 0 Å². The fourth-order valence-electron chi connectivity index (χ4n) is 4.00. The van der Waals surface area contributed by atoms with Gasteiger partial charge in [-0.3, -0.25) is 0 Å². The van der Waals surface area contributed by atoms with E-state index in [-0.39, 0.29) is 18.4 Å². The van der Waals surface area contributed by atoms with E-state index in [9.17, 15) is 8.42 Å². The first-order valence-corrected chi connectivity index (χ1v) is 7.88. The van der Waals surface area contributed by atoms with Crippen molar-refractivity contribution in [1.29, 1.82) is 0 Å². The molecule has 0 amide bonds. The number of aliphatic hydroxyl groups excluding tert-OH is 1. The van der Waals surface area contributed by atoms with Gasteiger partial charge in [-0.05, 0) is 49.4 Å². The molecule has 4 atom stereocenters. The van der Waals surface area contributed by atoms with Crippen molar-refractivity contribution in [3.05, 3.63) is 0 Å².